The van der Waals surface area contributed by atoms with Crippen molar-refractivity contribution >= 4 is 11.8 Å². The van der Waals surface area contributed by atoms with Crippen molar-refractivity contribution in [2.75, 3.05) is 13.6 Å². The fourth-order valence-corrected chi connectivity index (χ4v) is 1.31. The summed E-state index contributed by atoms with van der Waals surface area (Å²) < 4.78 is 4.84. The topological polar surface area (TPSA) is 75.4 Å². The second-order valence-corrected chi connectivity index (χ2v) is 4.22. The number of amides is 2. The minimum absolute atomic E-state index is 0.00321. The zero-order valence-electron chi connectivity index (χ0n) is 10.5. The maximum Gasteiger partial charge on any atom is 0.292 e. The van der Waals surface area contributed by atoms with Crippen LogP contribution in [0.1, 0.15) is 30.1 Å². The second kappa shape index (κ2) is 5.47. The van der Waals surface area contributed by atoms with Crippen molar-refractivity contribution in [1.29, 1.82) is 0 Å². The van der Waals surface area contributed by atoms with Gasteiger partial charge >= 0.3 is 0 Å². The van der Waals surface area contributed by atoms with Crippen LogP contribution in [0.3, 0.4) is 0 Å². The van der Waals surface area contributed by atoms with E-state index >= 15 is 0 Å². The summed E-state index contributed by atoms with van der Waals surface area (Å²) in [7, 11) is 1.54. The van der Waals surface area contributed by atoms with E-state index < -0.39 is 0 Å². The first-order valence-electron chi connectivity index (χ1n) is 5.38. The minimum atomic E-state index is -0.357. The Balaban J connectivity index is 2.56. The average Bonchev–Trinajstić information content (AvgIpc) is 2.62. The molecule has 6 nitrogen and oxygen atoms in total. The number of nitrogens with one attached hydrogen (secondary N) is 1. The van der Waals surface area contributed by atoms with E-state index in [1.165, 1.54) is 4.90 Å². The number of aromatic nitrogens is 1. The summed E-state index contributed by atoms with van der Waals surface area (Å²) in [5, 5.41) is 6.33. The van der Waals surface area contributed by atoms with Crippen LogP contribution in [0, 0.1) is 6.92 Å². The van der Waals surface area contributed by atoms with Gasteiger partial charge in [-0.05, 0) is 20.8 Å². The van der Waals surface area contributed by atoms with Crippen LogP contribution in [-0.4, -0.2) is 41.5 Å². The third-order valence-electron chi connectivity index (χ3n) is 2.02. The smallest absolute Gasteiger partial charge is 0.292 e. The molecule has 0 aliphatic carbocycles. The first-order valence-corrected chi connectivity index (χ1v) is 5.38. The number of aryl methyl sites for hydroxylation is 1. The molecule has 6 heteroatoms. The predicted molar refractivity (Wildman–Crippen MR) is 61.5 cm³/mol. The Hall–Kier alpha value is -1.85. The summed E-state index contributed by atoms with van der Waals surface area (Å²) in [6.45, 7) is 5.45. The van der Waals surface area contributed by atoms with Crippen molar-refractivity contribution in [2.24, 2.45) is 0 Å². The molecule has 0 aromatic carbocycles. The Morgan fingerprint density at radius 1 is 1.53 bits per heavy atom. The molecule has 0 radical (unpaired) electrons. The van der Waals surface area contributed by atoms with Crippen molar-refractivity contribution < 1.29 is 14.1 Å². The Morgan fingerprint density at radius 3 is 2.65 bits per heavy atom. The maximum atomic E-state index is 11.8. The van der Waals surface area contributed by atoms with E-state index in [-0.39, 0.29) is 30.2 Å². The quantitative estimate of drug-likeness (QED) is 0.834. The standard InChI is InChI=1S/C11H17N3O3/c1-7(2)12-10(15)6-14(4)11(16)9-5-8(3)13-17-9/h5,7H,6H2,1-4H3,(H,12,15). The van der Waals surface area contributed by atoms with Crippen molar-refractivity contribution in [2.45, 2.75) is 26.8 Å². The van der Waals surface area contributed by atoms with Gasteiger partial charge in [-0.15, -0.1) is 0 Å². The molecule has 94 valence electrons. The van der Waals surface area contributed by atoms with Gasteiger partial charge in [0.25, 0.3) is 5.91 Å². The first-order chi connectivity index (χ1) is 7.90. The summed E-state index contributed by atoms with van der Waals surface area (Å²) >= 11 is 0. The molecule has 2 amide bonds. The van der Waals surface area contributed by atoms with Gasteiger partial charge in [-0.2, -0.15) is 0 Å². The molecule has 1 aromatic heterocycles. The summed E-state index contributed by atoms with van der Waals surface area (Å²) in [6.07, 6.45) is 0. The number of hydrogen-bond donors (Lipinski definition) is 1. The largest absolute Gasteiger partial charge is 0.352 e. The minimum Gasteiger partial charge on any atom is -0.352 e. The Morgan fingerprint density at radius 2 is 2.18 bits per heavy atom. The van der Waals surface area contributed by atoms with Crippen LogP contribution in [-0.2, 0) is 4.79 Å². The van der Waals surface area contributed by atoms with Crippen molar-refractivity contribution in [1.82, 2.24) is 15.4 Å². The number of hydrogen-bond acceptors (Lipinski definition) is 4. The summed E-state index contributed by atoms with van der Waals surface area (Å²) in [6, 6.07) is 1.60. The Bertz CT molecular complexity index is 412. The molecule has 0 spiro atoms. The normalized spacial score (nSPS) is 10.4. The molecule has 0 bridgehead atoms. The van der Waals surface area contributed by atoms with Crippen LogP contribution in [0.2, 0.25) is 0 Å². The lowest BCUT2D eigenvalue weighted by atomic mass is 10.3. The predicted octanol–water partition coefficient (Wildman–Crippen LogP) is 0.580. The third-order valence-corrected chi connectivity index (χ3v) is 2.02. The molecule has 0 fully saturated rings. The molecule has 0 saturated carbocycles. The third kappa shape index (κ3) is 3.90. The highest BCUT2D eigenvalue weighted by Crippen LogP contribution is 2.05. The van der Waals surface area contributed by atoms with E-state index in [4.69, 9.17) is 4.52 Å². The van der Waals surface area contributed by atoms with Crippen LogP contribution < -0.4 is 5.32 Å². The molecule has 1 rings (SSSR count). The number of rotatable bonds is 4. The molecule has 0 saturated heterocycles. The van der Waals surface area contributed by atoms with Gasteiger partial charge in [0.1, 0.15) is 0 Å². The van der Waals surface area contributed by atoms with Crippen molar-refractivity contribution in [3.8, 4) is 0 Å². The molecule has 1 N–H and O–H groups in total. The van der Waals surface area contributed by atoms with Gasteiger partial charge < -0.3 is 14.7 Å². The molecule has 0 unspecified atom stereocenters. The van der Waals surface area contributed by atoms with E-state index in [2.05, 4.69) is 10.5 Å². The lowest BCUT2D eigenvalue weighted by molar-refractivity contribution is -0.122. The van der Waals surface area contributed by atoms with Crippen LogP contribution in [0.25, 0.3) is 0 Å². The highest BCUT2D eigenvalue weighted by Gasteiger charge is 2.18. The highest BCUT2D eigenvalue weighted by atomic mass is 16.5. The number of nitrogens with zero attached hydrogens (tertiary/aromatic N) is 2. The van der Waals surface area contributed by atoms with Gasteiger partial charge in [-0.1, -0.05) is 5.16 Å². The monoisotopic (exact) mass is 239 g/mol. The number of carbonyl (C=O) groups is 2. The van der Waals surface area contributed by atoms with E-state index in [0.29, 0.717) is 5.69 Å². The van der Waals surface area contributed by atoms with Crippen LogP contribution in [0.5, 0.6) is 0 Å². The van der Waals surface area contributed by atoms with Crippen LogP contribution in [0.15, 0.2) is 10.6 Å². The zero-order chi connectivity index (χ0) is 13.0. The Labute approximate surface area is 99.9 Å². The van der Waals surface area contributed by atoms with Crippen LogP contribution in [0.4, 0.5) is 0 Å². The number of carbonyl (C=O) groups excluding carboxylic acids is 2. The average molecular weight is 239 g/mol. The Kier molecular flexibility index (Phi) is 4.25. The van der Waals surface area contributed by atoms with Crippen molar-refractivity contribution in [3.63, 3.8) is 0 Å². The lowest BCUT2D eigenvalue weighted by Gasteiger charge is -2.16. The SMILES string of the molecule is Cc1cc(C(=O)N(C)CC(=O)NC(C)C)on1. The van der Waals surface area contributed by atoms with Crippen molar-refractivity contribution in [3.05, 3.63) is 17.5 Å². The zero-order valence-corrected chi connectivity index (χ0v) is 10.5. The van der Waals surface area contributed by atoms with Gasteiger partial charge in [0.05, 0.1) is 12.2 Å². The maximum absolute atomic E-state index is 11.8. The molecule has 1 heterocycles. The van der Waals surface area contributed by atoms with E-state index in [1.54, 1.807) is 20.0 Å². The van der Waals surface area contributed by atoms with Gasteiger partial charge in [0, 0.05) is 19.2 Å². The van der Waals surface area contributed by atoms with Gasteiger partial charge in [-0.3, -0.25) is 9.59 Å². The summed E-state index contributed by atoms with van der Waals surface area (Å²) in [4.78, 5) is 24.5. The van der Waals surface area contributed by atoms with E-state index in [0.717, 1.165) is 0 Å². The number of likely N-dealkylation sites (N-methyl/N-ethyl adjacent to an activating group) is 1. The summed E-state index contributed by atoms with van der Waals surface area (Å²) in [5.41, 5.74) is 0.633. The van der Waals surface area contributed by atoms with Gasteiger partial charge in [0.15, 0.2) is 0 Å². The summed E-state index contributed by atoms with van der Waals surface area (Å²) in [5.74, 6) is -0.418. The van der Waals surface area contributed by atoms with Gasteiger partial charge in [0.2, 0.25) is 11.7 Å². The lowest BCUT2D eigenvalue weighted by Crippen LogP contribution is -2.40. The molecule has 17 heavy (non-hydrogen) atoms. The molecule has 0 atom stereocenters. The fourth-order valence-electron chi connectivity index (χ4n) is 1.31. The second-order valence-electron chi connectivity index (χ2n) is 4.22. The first kappa shape index (κ1) is 13.2. The molecular weight excluding hydrogens is 222 g/mol. The highest BCUT2D eigenvalue weighted by molar-refractivity contribution is 5.94. The molecule has 1 aromatic rings. The van der Waals surface area contributed by atoms with E-state index in [9.17, 15) is 9.59 Å². The fraction of sp³-hybridized carbons (Fsp3) is 0.545. The van der Waals surface area contributed by atoms with Gasteiger partial charge in [-0.25, -0.2) is 0 Å². The molecule has 0 aliphatic rings. The molecular formula is C11H17N3O3. The van der Waals surface area contributed by atoms with E-state index in [1.807, 2.05) is 13.8 Å². The van der Waals surface area contributed by atoms with Crippen LogP contribution >= 0.6 is 0 Å². The molecule has 0 aliphatic heterocycles.